The number of aromatic nitrogens is 2. The fourth-order valence-electron chi connectivity index (χ4n) is 2.16. The summed E-state index contributed by atoms with van der Waals surface area (Å²) in [6.45, 7) is 1.71. The van der Waals surface area contributed by atoms with Crippen LogP contribution in [0.25, 0.3) is 0 Å². The predicted molar refractivity (Wildman–Crippen MR) is 103 cm³/mol. The van der Waals surface area contributed by atoms with E-state index in [1.54, 1.807) is 37.3 Å². The van der Waals surface area contributed by atoms with Crippen LogP contribution in [0.3, 0.4) is 0 Å². The van der Waals surface area contributed by atoms with E-state index in [1.807, 2.05) is 0 Å². The highest BCUT2D eigenvalue weighted by molar-refractivity contribution is 7.99. The number of thioether (sulfide) groups is 1. The quantitative estimate of drug-likeness (QED) is 0.451. The van der Waals surface area contributed by atoms with Gasteiger partial charge in [-0.1, -0.05) is 30.0 Å². The first kappa shape index (κ1) is 20.3. The molecule has 0 bridgehead atoms. The first-order valence-electron chi connectivity index (χ1n) is 8.54. The van der Waals surface area contributed by atoms with Gasteiger partial charge < -0.3 is 9.15 Å². The third-order valence-electron chi connectivity index (χ3n) is 3.57. The number of nitrogens with one attached hydrogen (secondary N) is 2. The average Bonchev–Trinajstić information content (AvgIpc) is 3.22. The Hall–Kier alpha value is -3.40. The summed E-state index contributed by atoms with van der Waals surface area (Å²) in [6.07, 6.45) is -0.554. The third kappa shape index (κ3) is 6.04. The summed E-state index contributed by atoms with van der Waals surface area (Å²) < 4.78 is 24.0. The molecule has 2 aromatic carbocycles. The Bertz CT molecular complexity index is 966. The second kappa shape index (κ2) is 9.69. The molecule has 3 rings (SSSR count). The molecular formula is C19H17FN4O4S. The Morgan fingerprint density at radius 3 is 2.55 bits per heavy atom. The van der Waals surface area contributed by atoms with Crippen molar-refractivity contribution in [2.45, 2.75) is 18.3 Å². The minimum absolute atomic E-state index is 0.0378. The molecule has 10 heteroatoms. The molecule has 2 N–H and O–H groups in total. The van der Waals surface area contributed by atoms with E-state index in [1.165, 1.54) is 24.3 Å². The standard InChI is InChI=1S/C19H17FN4O4S/c1-12(27-15-9-7-14(20)8-10-15)18-23-24-19(28-18)29-11-16(25)21-22-17(26)13-5-3-2-4-6-13/h2-10,12H,11H2,1H3,(H,21,25)(H,22,26)/t12-/m0/s1. The highest BCUT2D eigenvalue weighted by Crippen LogP contribution is 2.24. The van der Waals surface area contributed by atoms with Crippen molar-refractivity contribution in [3.63, 3.8) is 0 Å². The van der Waals surface area contributed by atoms with Gasteiger partial charge in [0, 0.05) is 5.56 Å². The predicted octanol–water partition coefficient (Wildman–Crippen LogP) is 2.90. The molecule has 0 fully saturated rings. The van der Waals surface area contributed by atoms with E-state index in [9.17, 15) is 14.0 Å². The van der Waals surface area contributed by atoms with Gasteiger partial charge in [-0.3, -0.25) is 20.4 Å². The Morgan fingerprint density at radius 2 is 1.83 bits per heavy atom. The van der Waals surface area contributed by atoms with Crippen LogP contribution in [-0.2, 0) is 4.79 Å². The van der Waals surface area contributed by atoms with Crippen molar-refractivity contribution in [3.05, 3.63) is 71.9 Å². The first-order chi connectivity index (χ1) is 14.0. The molecule has 1 heterocycles. The van der Waals surface area contributed by atoms with Crippen LogP contribution in [0, 0.1) is 5.82 Å². The van der Waals surface area contributed by atoms with E-state index in [0.717, 1.165) is 11.8 Å². The van der Waals surface area contributed by atoms with Gasteiger partial charge in [-0.05, 0) is 43.3 Å². The maximum atomic E-state index is 12.9. The highest BCUT2D eigenvalue weighted by atomic mass is 32.2. The topological polar surface area (TPSA) is 106 Å². The Kier molecular flexibility index (Phi) is 6.80. The molecular weight excluding hydrogens is 399 g/mol. The summed E-state index contributed by atoms with van der Waals surface area (Å²) in [7, 11) is 0. The highest BCUT2D eigenvalue weighted by Gasteiger charge is 2.17. The molecule has 150 valence electrons. The minimum atomic E-state index is -0.554. The zero-order valence-corrected chi connectivity index (χ0v) is 16.1. The summed E-state index contributed by atoms with van der Waals surface area (Å²) in [6, 6.07) is 14.0. The number of halogens is 1. The van der Waals surface area contributed by atoms with Gasteiger partial charge in [-0.25, -0.2) is 4.39 Å². The normalized spacial score (nSPS) is 11.5. The molecule has 1 aromatic heterocycles. The van der Waals surface area contributed by atoms with Crippen LogP contribution in [0.1, 0.15) is 29.3 Å². The SMILES string of the molecule is C[C@H](Oc1ccc(F)cc1)c1nnc(SCC(=O)NNC(=O)c2ccccc2)o1. The molecule has 0 aliphatic carbocycles. The number of hydrogen-bond donors (Lipinski definition) is 2. The molecule has 0 aliphatic rings. The second-order valence-electron chi connectivity index (χ2n) is 5.78. The van der Waals surface area contributed by atoms with Crippen molar-refractivity contribution >= 4 is 23.6 Å². The molecule has 0 radical (unpaired) electrons. The number of hydrazine groups is 1. The summed E-state index contributed by atoms with van der Waals surface area (Å²) in [5.41, 5.74) is 5.07. The number of ether oxygens (including phenoxy) is 1. The van der Waals surface area contributed by atoms with Gasteiger partial charge in [-0.2, -0.15) is 0 Å². The summed E-state index contributed by atoms with van der Waals surface area (Å²) in [4.78, 5) is 23.7. The molecule has 0 spiro atoms. The van der Waals surface area contributed by atoms with E-state index < -0.39 is 17.9 Å². The zero-order valence-electron chi connectivity index (χ0n) is 15.3. The van der Waals surface area contributed by atoms with Crippen LogP contribution in [0.5, 0.6) is 5.75 Å². The maximum Gasteiger partial charge on any atom is 0.277 e. The van der Waals surface area contributed by atoms with Gasteiger partial charge in [0.25, 0.3) is 17.0 Å². The number of carbonyl (C=O) groups is 2. The summed E-state index contributed by atoms with van der Waals surface area (Å²) in [5.74, 6) is -0.580. The monoisotopic (exact) mass is 416 g/mol. The Morgan fingerprint density at radius 1 is 1.10 bits per heavy atom. The number of hydrogen-bond acceptors (Lipinski definition) is 7. The van der Waals surface area contributed by atoms with E-state index in [0.29, 0.717) is 11.3 Å². The van der Waals surface area contributed by atoms with Crippen LogP contribution in [0.4, 0.5) is 4.39 Å². The summed E-state index contributed by atoms with van der Waals surface area (Å²) >= 11 is 1.01. The van der Waals surface area contributed by atoms with Crippen molar-refractivity contribution in [3.8, 4) is 5.75 Å². The molecule has 1 atom stereocenters. The molecule has 8 nitrogen and oxygen atoms in total. The van der Waals surface area contributed by atoms with Crippen molar-refractivity contribution in [2.24, 2.45) is 0 Å². The van der Waals surface area contributed by atoms with Gasteiger partial charge in [0.1, 0.15) is 11.6 Å². The molecule has 0 aliphatic heterocycles. The average molecular weight is 416 g/mol. The lowest BCUT2D eigenvalue weighted by Crippen LogP contribution is -2.42. The lowest BCUT2D eigenvalue weighted by atomic mass is 10.2. The van der Waals surface area contributed by atoms with Gasteiger partial charge in [0.2, 0.25) is 5.91 Å². The van der Waals surface area contributed by atoms with Crippen LogP contribution < -0.4 is 15.6 Å². The fraction of sp³-hybridized carbons (Fsp3) is 0.158. The van der Waals surface area contributed by atoms with E-state index in [2.05, 4.69) is 21.0 Å². The first-order valence-corrected chi connectivity index (χ1v) is 9.52. The van der Waals surface area contributed by atoms with Crippen molar-refractivity contribution in [1.82, 2.24) is 21.0 Å². The van der Waals surface area contributed by atoms with Gasteiger partial charge in [0.15, 0.2) is 6.10 Å². The minimum Gasteiger partial charge on any atom is -0.481 e. The van der Waals surface area contributed by atoms with Crippen molar-refractivity contribution < 1.29 is 23.1 Å². The Labute approximate surface area is 169 Å². The largest absolute Gasteiger partial charge is 0.481 e. The lowest BCUT2D eigenvalue weighted by molar-refractivity contribution is -0.119. The van der Waals surface area contributed by atoms with E-state index in [-0.39, 0.29) is 22.7 Å². The van der Waals surface area contributed by atoms with Crippen LogP contribution >= 0.6 is 11.8 Å². The lowest BCUT2D eigenvalue weighted by Gasteiger charge is -2.10. The van der Waals surface area contributed by atoms with Gasteiger partial charge >= 0.3 is 0 Å². The third-order valence-corrected chi connectivity index (χ3v) is 4.39. The molecule has 29 heavy (non-hydrogen) atoms. The smallest absolute Gasteiger partial charge is 0.277 e. The second-order valence-corrected chi connectivity index (χ2v) is 6.70. The molecule has 0 saturated carbocycles. The number of nitrogens with zero attached hydrogens (tertiary/aromatic N) is 2. The number of amides is 2. The van der Waals surface area contributed by atoms with Crippen LogP contribution in [0.15, 0.2) is 64.2 Å². The van der Waals surface area contributed by atoms with E-state index >= 15 is 0 Å². The molecule has 2 amide bonds. The Balaban J connectivity index is 1.44. The molecule has 3 aromatic rings. The van der Waals surface area contributed by atoms with Gasteiger partial charge in [0.05, 0.1) is 5.75 Å². The van der Waals surface area contributed by atoms with Crippen molar-refractivity contribution in [1.29, 1.82) is 0 Å². The fourth-order valence-corrected chi connectivity index (χ4v) is 2.73. The zero-order chi connectivity index (χ0) is 20.6. The van der Waals surface area contributed by atoms with Crippen LogP contribution in [-0.4, -0.2) is 27.8 Å². The molecule has 0 unspecified atom stereocenters. The van der Waals surface area contributed by atoms with E-state index in [4.69, 9.17) is 9.15 Å². The van der Waals surface area contributed by atoms with Crippen molar-refractivity contribution in [2.75, 3.05) is 5.75 Å². The summed E-state index contributed by atoms with van der Waals surface area (Å²) in [5, 5.41) is 7.91. The number of rotatable bonds is 7. The number of carbonyl (C=O) groups excluding carboxylic acids is 2. The van der Waals surface area contributed by atoms with Gasteiger partial charge in [-0.15, -0.1) is 10.2 Å². The van der Waals surface area contributed by atoms with Crippen LogP contribution in [0.2, 0.25) is 0 Å². The maximum absolute atomic E-state index is 12.9. The molecule has 0 saturated heterocycles. The number of benzene rings is 2.